The minimum atomic E-state index is -0.163. The van der Waals surface area contributed by atoms with E-state index in [4.69, 9.17) is 4.74 Å². The monoisotopic (exact) mass is 394 g/mol. The minimum absolute atomic E-state index is 0.0164. The fourth-order valence-electron chi connectivity index (χ4n) is 3.98. The van der Waals surface area contributed by atoms with E-state index in [9.17, 15) is 9.59 Å². The van der Waals surface area contributed by atoms with E-state index in [0.29, 0.717) is 11.3 Å². The Kier molecular flexibility index (Phi) is 6.91. The molecule has 1 aliphatic heterocycles. The van der Waals surface area contributed by atoms with Crippen molar-refractivity contribution in [3.8, 4) is 5.75 Å². The Morgan fingerprint density at radius 1 is 1.03 bits per heavy atom. The zero-order chi connectivity index (χ0) is 20.8. The predicted molar refractivity (Wildman–Crippen MR) is 115 cm³/mol. The molecule has 0 unspecified atom stereocenters. The van der Waals surface area contributed by atoms with Crippen LogP contribution < -0.4 is 10.1 Å². The van der Waals surface area contributed by atoms with Crippen LogP contribution in [0.2, 0.25) is 0 Å². The minimum Gasteiger partial charge on any atom is -0.484 e. The normalized spacial score (nSPS) is 18.9. The molecule has 0 spiro atoms. The predicted octanol–water partition coefficient (Wildman–Crippen LogP) is 4.67. The van der Waals surface area contributed by atoms with Gasteiger partial charge in [0.1, 0.15) is 5.75 Å². The van der Waals surface area contributed by atoms with Crippen LogP contribution in [0, 0.1) is 0 Å². The van der Waals surface area contributed by atoms with Gasteiger partial charge in [-0.2, -0.15) is 0 Å². The third-order valence-electron chi connectivity index (χ3n) is 5.61. The molecular formula is C24H30N2O3. The summed E-state index contributed by atoms with van der Waals surface area (Å²) in [4.78, 5) is 27.0. The van der Waals surface area contributed by atoms with Gasteiger partial charge >= 0.3 is 0 Å². The molecule has 5 heteroatoms. The summed E-state index contributed by atoms with van der Waals surface area (Å²) in [5.74, 6) is 0.438. The van der Waals surface area contributed by atoms with Crippen LogP contribution in [-0.4, -0.2) is 35.4 Å². The molecule has 2 aromatic rings. The van der Waals surface area contributed by atoms with Crippen molar-refractivity contribution in [2.24, 2.45) is 0 Å². The number of carbonyl (C=O) groups excluding carboxylic acids is 2. The zero-order valence-electron chi connectivity index (χ0n) is 17.5. The molecule has 0 aliphatic carbocycles. The number of anilines is 1. The largest absolute Gasteiger partial charge is 0.484 e. The first-order chi connectivity index (χ1) is 14.0. The second-order valence-electron chi connectivity index (χ2n) is 7.71. The number of carbonyl (C=O) groups is 2. The molecule has 154 valence electrons. The quantitative estimate of drug-likeness (QED) is 0.775. The molecule has 3 rings (SSSR count). The topological polar surface area (TPSA) is 58.6 Å². The number of para-hydroxylation sites is 1. The van der Waals surface area contributed by atoms with Crippen LogP contribution in [0.3, 0.4) is 0 Å². The number of piperidine rings is 1. The Labute approximate surface area is 173 Å². The molecule has 1 fully saturated rings. The molecule has 1 saturated heterocycles. The summed E-state index contributed by atoms with van der Waals surface area (Å²) in [7, 11) is 0. The molecule has 1 aliphatic rings. The van der Waals surface area contributed by atoms with E-state index >= 15 is 0 Å². The number of nitrogens with zero attached hydrogens (tertiary/aromatic N) is 1. The average Bonchev–Trinajstić information content (AvgIpc) is 2.73. The second-order valence-corrected chi connectivity index (χ2v) is 7.71. The highest BCUT2D eigenvalue weighted by molar-refractivity contribution is 6.04. The average molecular weight is 395 g/mol. The molecule has 0 bridgehead atoms. The summed E-state index contributed by atoms with van der Waals surface area (Å²) in [5.41, 5.74) is 2.48. The molecule has 5 nitrogen and oxygen atoms in total. The van der Waals surface area contributed by atoms with Crippen LogP contribution in [0.1, 0.15) is 56.0 Å². The van der Waals surface area contributed by atoms with Crippen molar-refractivity contribution >= 4 is 17.5 Å². The van der Waals surface area contributed by atoms with E-state index in [-0.39, 0.29) is 30.5 Å². The molecule has 0 radical (unpaired) electrons. The smallest absolute Gasteiger partial charge is 0.260 e. The number of benzene rings is 2. The fourth-order valence-corrected chi connectivity index (χ4v) is 3.98. The van der Waals surface area contributed by atoms with Crippen molar-refractivity contribution in [1.29, 1.82) is 0 Å². The number of ether oxygens (including phenoxy) is 1. The molecule has 0 saturated carbocycles. The van der Waals surface area contributed by atoms with Crippen molar-refractivity contribution in [2.45, 2.75) is 58.5 Å². The molecule has 2 atom stereocenters. The first-order valence-corrected chi connectivity index (χ1v) is 10.4. The van der Waals surface area contributed by atoms with Gasteiger partial charge in [-0.3, -0.25) is 9.59 Å². The van der Waals surface area contributed by atoms with Gasteiger partial charge in [0.25, 0.3) is 11.8 Å². The third kappa shape index (κ3) is 5.17. The third-order valence-corrected chi connectivity index (χ3v) is 5.61. The highest BCUT2D eigenvalue weighted by atomic mass is 16.5. The van der Waals surface area contributed by atoms with Crippen molar-refractivity contribution in [3.63, 3.8) is 0 Å². The van der Waals surface area contributed by atoms with E-state index in [1.807, 2.05) is 29.2 Å². The maximum atomic E-state index is 12.6. The summed E-state index contributed by atoms with van der Waals surface area (Å²) in [6.07, 6.45) is 4.10. The number of rotatable bonds is 6. The van der Waals surface area contributed by atoms with Gasteiger partial charge in [-0.1, -0.05) is 25.1 Å². The Hall–Kier alpha value is -2.82. The molecule has 1 N–H and O–H groups in total. The van der Waals surface area contributed by atoms with Crippen LogP contribution in [0.5, 0.6) is 5.75 Å². The Balaban J connectivity index is 1.57. The van der Waals surface area contributed by atoms with Crippen LogP contribution >= 0.6 is 0 Å². The Morgan fingerprint density at radius 2 is 1.69 bits per heavy atom. The van der Waals surface area contributed by atoms with E-state index in [1.54, 1.807) is 24.3 Å². The van der Waals surface area contributed by atoms with Crippen LogP contribution in [0.25, 0.3) is 0 Å². The maximum Gasteiger partial charge on any atom is 0.260 e. The lowest BCUT2D eigenvalue weighted by Crippen LogP contribution is -2.49. The highest BCUT2D eigenvalue weighted by Crippen LogP contribution is 2.23. The first kappa shape index (κ1) is 20.9. The van der Waals surface area contributed by atoms with Gasteiger partial charge in [-0.15, -0.1) is 0 Å². The molecule has 2 aromatic carbocycles. The van der Waals surface area contributed by atoms with Crippen LogP contribution in [-0.2, 0) is 11.2 Å². The first-order valence-electron chi connectivity index (χ1n) is 10.4. The van der Waals surface area contributed by atoms with Gasteiger partial charge < -0.3 is 15.0 Å². The number of aryl methyl sites for hydroxylation is 1. The summed E-state index contributed by atoms with van der Waals surface area (Å²) >= 11 is 0. The number of hydrogen-bond donors (Lipinski definition) is 1. The van der Waals surface area contributed by atoms with Crippen molar-refractivity contribution in [2.75, 3.05) is 11.9 Å². The lowest BCUT2D eigenvalue weighted by molar-refractivity contribution is -0.139. The summed E-state index contributed by atoms with van der Waals surface area (Å²) in [6, 6.07) is 15.2. The van der Waals surface area contributed by atoms with E-state index in [0.717, 1.165) is 30.5 Å². The summed E-state index contributed by atoms with van der Waals surface area (Å²) in [5, 5.41) is 2.96. The maximum absolute atomic E-state index is 12.6. The van der Waals surface area contributed by atoms with Gasteiger partial charge in [0.05, 0.1) is 0 Å². The number of amides is 2. The SMILES string of the molecule is CCc1ccccc1NC(=O)c1ccc(OCC(=O)N2[C@@H](C)CCC[C@@H]2C)cc1. The second kappa shape index (κ2) is 9.59. The lowest BCUT2D eigenvalue weighted by atomic mass is 9.97. The van der Waals surface area contributed by atoms with Crippen molar-refractivity contribution in [1.82, 2.24) is 4.90 Å². The number of nitrogens with one attached hydrogen (secondary N) is 1. The van der Waals surface area contributed by atoms with Crippen molar-refractivity contribution < 1.29 is 14.3 Å². The van der Waals surface area contributed by atoms with Crippen LogP contribution in [0.15, 0.2) is 48.5 Å². The van der Waals surface area contributed by atoms with Crippen LogP contribution in [0.4, 0.5) is 5.69 Å². The van der Waals surface area contributed by atoms with E-state index in [1.165, 1.54) is 6.42 Å². The van der Waals surface area contributed by atoms with Gasteiger partial charge in [0, 0.05) is 23.3 Å². The Morgan fingerprint density at radius 3 is 2.34 bits per heavy atom. The molecule has 29 heavy (non-hydrogen) atoms. The van der Waals surface area contributed by atoms with Crippen molar-refractivity contribution in [3.05, 3.63) is 59.7 Å². The van der Waals surface area contributed by atoms with E-state index < -0.39 is 0 Å². The molecule has 2 amide bonds. The summed E-state index contributed by atoms with van der Waals surface area (Å²) < 4.78 is 5.68. The van der Waals surface area contributed by atoms with Gasteiger partial charge in [-0.25, -0.2) is 0 Å². The lowest BCUT2D eigenvalue weighted by Gasteiger charge is -2.38. The molecule has 0 aromatic heterocycles. The van der Waals surface area contributed by atoms with Gasteiger partial charge in [-0.05, 0) is 75.4 Å². The molecule has 1 heterocycles. The standard InChI is InChI=1S/C24H30N2O3/c1-4-19-10-5-6-11-22(19)25-24(28)20-12-14-21(15-13-20)29-16-23(27)26-17(2)8-7-9-18(26)3/h5-6,10-15,17-18H,4,7-9,16H2,1-3H3,(H,25,28)/t17-,18-/m0/s1. The number of likely N-dealkylation sites (tertiary alicyclic amines) is 1. The summed E-state index contributed by atoms with van der Waals surface area (Å²) in [6.45, 7) is 6.27. The molecular weight excluding hydrogens is 364 g/mol. The highest BCUT2D eigenvalue weighted by Gasteiger charge is 2.28. The van der Waals surface area contributed by atoms with Gasteiger partial charge in [0.15, 0.2) is 6.61 Å². The number of hydrogen-bond acceptors (Lipinski definition) is 3. The zero-order valence-corrected chi connectivity index (χ0v) is 17.5. The van der Waals surface area contributed by atoms with E-state index in [2.05, 4.69) is 26.1 Å². The fraction of sp³-hybridized carbons (Fsp3) is 0.417. The Bertz CT molecular complexity index is 837. The van der Waals surface area contributed by atoms with Gasteiger partial charge in [0.2, 0.25) is 0 Å².